The van der Waals surface area contributed by atoms with Crippen LogP contribution in [0.15, 0.2) is 30.3 Å². The lowest BCUT2D eigenvalue weighted by molar-refractivity contribution is -0.144. The molecule has 1 aromatic rings. The predicted molar refractivity (Wildman–Crippen MR) is 135 cm³/mol. The molecular formula is C25H36N4O5S. The summed E-state index contributed by atoms with van der Waals surface area (Å²) in [5.74, 6) is -1.05. The van der Waals surface area contributed by atoms with E-state index in [0.717, 1.165) is 5.56 Å². The van der Waals surface area contributed by atoms with Crippen LogP contribution in [0.2, 0.25) is 0 Å². The first-order chi connectivity index (χ1) is 16.5. The molecule has 3 amide bonds. The van der Waals surface area contributed by atoms with Gasteiger partial charge in [-0.05, 0) is 50.0 Å². The molecule has 3 rings (SSSR count). The van der Waals surface area contributed by atoms with Gasteiger partial charge in [0.05, 0.1) is 17.5 Å². The van der Waals surface area contributed by atoms with Crippen LogP contribution in [0.1, 0.15) is 58.1 Å². The molecule has 0 bridgehead atoms. The van der Waals surface area contributed by atoms with Gasteiger partial charge in [0.1, 0.15) is 12.1 Å². The summed E-state index contributed by atoms with van der Waals surface area (Å²) < 4.78 is 0. The van der Waals surface area contributed by atoms with Gasteiger partial charge in [-0.2, -0.15) is 0 Å². The fourth-order valence-electron chi connectivity index (χ4n) is 4.81. The van der Waals surface area contributed by atoms with Gasteiger partial charge in [-0.1, -0.05) is 44.2 Å². The number of hydrogen-bond donors (Lipinski definition) is 4. The van der Waals surface area contributed by atoms with Crippen molar-refractivity contribution in [3.05, 3.63) is 35.9 Å². The molecule has 0 radical (unpaired) electrons. The molecule has 2 aliphatic heterocycles. The highest BCUT2D eigenvalue weighted by atomic mass is 32.2. The largest absolute Gasteiger partial charge is 0.481 e. The summed E-state index contributed by atoms with van der Waals surface area (Å²) in [7, 11) is 1.68. The van der Waals surface area contributed by atoms with E-state index in [2.05, 4.69) is 16.0 Å². The van der Waals surface area contributed by atoms with E-state index in [0.29, 0.717) is 18.6 Å². The van der Waals surface area contributed by atoms with Gasteiger partial charge < -0.3 is 26.0 Å². The number of carbonyl (C=O) groups is 4. The summed E-state index contributed by atoms with van der Waals surface area (Å²) in [5.41, 5.74) is 0.326. The number of benzene rings is 1. The van der Waals surface area contributed by atoms with Crippen LogP contribution in [0.25, 0.3) is 0 Å². The van der Waals surface area contributed by atoms with Gasteiger partial charge in [-0.3, -0.25) is 19.2 Å². The van der Waals surface area contributed by atoms with Gasteiger partial charge in [-0.15, -0.1) is 11.8 Å². The third kappa shape index (κ3) is 6.35. The number of hydrogen-bond acceptors (Lipinski definition) is 6. The molecule has 35 heavy (non-hydrogen) atoms. The average Bonchev–Trinajstić information content (AvgIpc) is 3.01. The van der Waals surface area contributed by atoms with Crippen LogP contribution in [0.5, 0.6) is 0 Å². The van der Waals surface area contributed by atoms with Crippen molar-refractivity contribution in [2.45, 2.75) is 76.0 Å². The minimum atomic E-state index is -0.935. The molecule has 2 unspecified atom stereocenters. The molecule has 0 aromatic heterocycles. The van der Waals surface area contributed by atoms with Crippen LogP contribution >= 0.6 is 11.8 Å². The van der Waals surface area contributed by atoms with Gasteiger partial charge in [0.2, 0.25) is 17.7 Å². The predicted octanol–water partition coefficient (Wildman–Crippen LogP) is 1.89. The van der Waals surface area contributed by atoms with Crippen molar-refractivity contribution >= 4 is 35.5 Å². The first-order valence-electron chi connectivity index (χ1n) is 12.0. The Morgan fingerprint density at radius 1 is 1.23 bits per heavy atom. The molecule has 2 heterocycles. The summed E-state index contributed by atoms with van der Waals surface area (Å²) in [6.45, 7) is 5.68. The van der Waals surface area contributed by atoms with E-state index in [4.69, 9.17) is 0 Å². The maximum absolute atomic E-state index is 13.7. The maximum atomic E-state index is 13.7. The van der Waals surface area contributed by atoms with E-state index in [-0.39, 0.29) is 35.9 Å². The fourth-order valence-corrected chi connectivity index (χ4v) is 6.38. The lowest BCUT2D eigenvalue weighted by Crippen LogP contribution is -2.58. The molecule has 5 atom stereocenters. The third-order valence-corrected chi connectivity index (χ3v) is 8.11. The van der Waals surface area contributed by atoms with Crippen molar-refractivity contribution in [3.63, 3.8) is 0 Å². The van der Waals surface area contributed by atoms with Crippen LogP contribution in [0.3, 0.4) is 0 Å². The zero-order chi connectivity index (χ0) is 25.8. The lowest BCUT2D eigenvalue weighted by Gasteiger charge is -2.35. The number of carbonyl (C=O) groups excluding carboxylic acids is 3. The molecule has 2 fully saturated rings. The molecule has 192 valence electrons. The van der Waals surface area contributed by atoms with E-state index in [1.165, 1.54) is 0 Å². The number of carboxylic acids is 1. The van der Waals surface area contributed by atoms with E-state index >= 15 is 0 Å². The van der Waals surface area contributed by atoms with Crippen LogP contribution in [-0.4, -0.2) is 70.0 Å². The van der Waals surface area contributed by atoms with Crippen LogP contribution in [0.4, 0.5) is 0 Å². The van der Waals surface area contributed by atoms with E-state index in [1.54, 1.807) is 30.6 Å². The first kappa shape index (κ1) is 27.0. The first-order valence-corrected chi connectivity index (χ1v) is 13.1. The Morgan fingerprint density at radius 3 is 2.54 bits per heavy atom. The van der Waals surface area contributed by atoms with Crippen LogP contribution in [0, 0.1) is 5.41 Å². The van der Waals surface area contributed by atoms with Crippen molar-refractivity contribution in [1.29, 1.82) is 0 Å². The van der Waals surface area contributed by atoms with Crippen molar-refractivity contribution in [3.8, 4) is 0 Å². The molecule has 0 aliphatic carbocycles. The second kappa shape index (κ2) is 11.4. The molecule has 0 spiro atoms. The zero-order valence-corrected chi connectivity index (χ0v) is 21.6. The number of aliphatic carboxylic acids is 1. The highest BCUT2D eigenvalue weighted by Gasteiger charge is 2.54. The Morgan fingerprint density at radius 2 is 1.91 bits per heavy atom. The highest BCUT2D eigenvalue weighted by Crippen LogP contribution is 2.46. The van der Waals surface area contributed by atoms with E-state index in [1.807, 2.05) is 44.2 Å². The molecule has 2 saturated heterocycles. The van der Waals surface area contributed by atoms with Crippen molar-refractivity contribution in [2.24, 2.45) is 5.41 Å². The number of nitrogens with zero attached hydrogens (tertiary/aromatic N) is 1. The quantitative estimate of drug-likeness (QED) is 0.404. The number of likely N-dealkylation sites (N-methyl/N-ethyl adjacent to an activating group) is 1. The molecular weight excluding hydrogens is 468 g/mol. The average molecular weight is 505 g/mol. The van der Waals surface area contributed by atoms with Crippen molar-refractivity contribution in [2.75, 3.05) is 12.8 Å². The maximum Gasteiger partial charge on any atom is 0.303 e. The Balaban J connectivity index is 1.85. The molecule has 0 saturated carbocycles. The molecule has 2 aliphatic rings. The van der Waals surface area contributed by atoms with Gasteiger partial charge >= 0.3 is 5.97 Å². The standard InChI is InChI=1S/C25H36N4O5S/c1-15(26-4)22(32)28-18-12-13-35-19-14-25(2,3)21(29(19)24(18)34)23(33)27-17(10-11-20(30)31)16-8-6-5-7-9-16/h5-9,15,17-19,21,26H,10-14H2,1-4H3,(H,27,33)(H,28,32)(H,30,31)/t15?,17?,18-,19-,21+/m0/s1. The van der Waals surface area contributed by atoms with E-state index < -0.39 is 35.6 Å². The number of thioether (sulfide) groups is 1. The number of rotatable bonds is 9. The molecule has 9 nitrogen and oxygen atoms in total. The summed E-state index contributed by atoms with van der Waals surface area (Å²) >= 11 is 1.64. The van der Waals surface area contributed by atoms with Gasteiger partial charge in [0, 0.05) is 6.42 Å². The number of carboxylic acid groups (broad SMARTS) is 1. The summed E-state index contributed by atoms with van der Waals surface area (Å²) in [4.78, 5) is 52.8. The lowest BCUT2D eigenvalue weighted by atomic mass is 9.83. The van der Waals surface area contributed by atoms with Gasteiger partial charge in [-0.25, -0.2) is 0 Å². The molecule has 4 N–H and O–H groups in total. The molecule has 1 aromatic carbocycles. The summed E-state index contributed by atoms with van der Waals surface area (Å²) in [5, 5.41) is 17.8. The van der Waals surface area contributed by atoms with Gasteiger partial charge in [0.15, 0.2) is 0 Å². The minimum absolute atomic E-state index is 0.0905. The Labute approximate surface area is 210 Å². The fraction of sp³-hybridized carbons (Fsp3) is 0.600. The van der Waals surface area contributed by atoms with Crippen LogP contribution < -0.4 is 16.0 Å². The number of amides is 3. The summed E-state index contributed by atoms with van der Waals surface area (Å²) in [6, 6.07) is 6.91. The SMILES string of the molecule is CNC(C)C(=O)N[C@H]1CCS[C@H]2CC(C)(C)[C@@H](C(=O)NC(CCC(=O)O)c3ccccc3)N2C1=O. The van der Waals surface area contributed by atoms with Crippen molar-refractivity contribution < 1.29 is 24.3 Å². The zero-order valence-electron chi connectivity index (χ0n) is 20.7. The smallest absolute Gasteiger partial charge is 0.303 e. The van der Waals surface area contributed by atoms with Crippen LogP contribution in [-0.2, 0) is 19.2 Å². The minimum Gasteiger partial charge on any atom is -0.481 e. The number of fused-ring (bicyclic) bond motifs is 1. The second-order valence-corrected chi connectivity index (χ2v) is 11.2. The monoisotopic (exact) mass is 504 g/mol. The third-order valence-electron chi connectivity index (χ3n) is 6.86. The second-order valence-electron chi connectivity index (χ2n) is 9.93. The summed E-state index contributed by atoms with van der Waals surface area (Å²) in [6.07, 6.45) is 1.30. The Kier molecular flexibility index (Phi) is 8.82. The Bertz CT molecular complexity index is 941. The highest BCUT2D eigenvalue weighted by molar-refractivity contribution is 7.99. The van der Waals surface area contributed by atoms with Gasteiger partial charge in [0.25, 0.3) is 0 Å². The van der Waals surface area contributed by atoms with Crippen molar-refractivity contribution in [1.82, 2.24) is 20.9 Å². The molecule has 10 heteroatoms. The van der Waals surface area contributed by atoms with E-state index in [9.17, 15) is 24.3 Å². The Hall–Kier alpha value is -2.59. The normalized spacial score (nSPS) is 25.2. The number of nitrogens with one attached hydrogen (secondary N) is 3. The topological polar surface area (TPSA) is 128 Å².